The third-order valence-corrected chi connectivity index (χ3v) is 5.07. The van der Waals surface area contributed by atoms with Crippen LogP contribution in [0.3, 0.4) is 0 Å². The van der Waals surface area contributed by atoms with Crippen LogP contribution in [0.1, 0.15) is 17.5 Å². The molecule has 128 valence electrons. The Morgan fingerprint density at radius 3 is 2.48 bits per heavy atom. The molecule has 0 radical (unpaired) electrons. The molecule has 2 aliphatic rings. The van der Waals surface area contributed by atoms with Crippen molar-refractivity contribution in [1.82, 2.24) is 9.91 Å². The van der Waals surface area contributed by atoms with Crippen molar-refractivity contribution in [2.75, 3.05) is 13.1 Å². The quantitative estimate of drug-likeness (QED) is 0.842. The average molecular weight is 354 g/mol. The lowest BCUT2D eigenvalue weighted by molar-refractivity contribution is -0.132. The van der Waals surface area contributed by atoms with Crippen molar-refractivity contribution in [3.63, 3.8) is 0 Å². The maximum Gasteiger partial charge on any atom is 0.251 e. The van der Waals surface area contributed by atoms with Crippen LogP contribution in [-0.2, 0) is 17.9 Å². The van der Waals surface area contributed by atoms with E-state index in [4.69, 9.17) is 11.6 Å². The van der Waals surface area contributed by atoms with Crippen molar-refractivity contribution in [3.05, 3.63) is 70.7 Å². The van der Waals surface area contributed by atoms with E-state index in [1.807, 2.05) is 42.5 Å². The van der Waals surface area contributed by atoms with Crippen molar-refractivity contribution in [3.8, 4) is 0 Å². The minimum atomic E-state index is -0.0369. The summed E-state index contributed by atoms with van der Waals surface area (Å²) in [6, 6.07) is 18.0. The van der Waals surface area contributed by atoms with Gasteiger partial charge in [0.25, 0.3) is 5.91 Å². The molecule has 1 unspecified atom stereocenters. The summed E-state index contributed by atoms with van der Waals surface area (Å²) in [5, 5.41) is 7.02. The van der Waals surface area contributed by atoms with E-state index in [2.05, 4.69) is 22.1 Å². The van der Waals surface area contributed by atoms with Crippen LogP contribution in [0.25, 0.3) is 0 Å². The molecule has 5 heteroatoms. The van der Waals surface area contributed by atoms with Crippen molar-refractivity contribution < 1.29 is 4.79 Å². The first kappa shape index (κ1) is 16.3. The Labute approximate surface area is 152 Å². The van der Waals surface area contributed by atoms with Crippen LogP contribution in [0.4, 0.5) is 0 Å². The van der Waals surface area contributed by atoms with Gasteiger partial charge in [-0.1, -0.05) is 54.1 Å². The van der Waals surface area contributed by atoms with Gasteiger partial charge in [0.15, 0.2) is 0 Å². The summed E-state index contributed by atoms with van der Waals surface area (Å²) in [4.78, 5) is 15.0. The number of hydrazone groups is 1. The highest BCUT2D eigenvalue weighted by molar-refractivity contribution is 6.30. The van der Waals surface area contributed by atoms with Crippen molar-refractivity contribution >= 4 is 23.2 Å². The summed E-state index contributed by atoms with van der Waals surface area (Å²) in [5.74, 6) is 0.107. The molecule has 0 N–H and O–H groups in total. The van der Waals surface area contributed by atoms with E-state index in [-0.39, 0.29) is 11.8 Å². The predicted octanol–water partition coefficient (Wildman–Crippen LogP) is 3.56. The Morgan fingerprint density at radius 2 is 1.72 bits per heavy atom. The van der Waals surface area contributed by atoms with E-state index in [0.717, 1.165) is 42.4 Å². The molecule has 2 aliphatic heterocycles. The molecule has 0 bridgehead atoms. The van der Waals surface area contributed by atoms with Crippen molar-refractivity contribution in [2.45, 2.75) is 19.5 Å². The Hall–Kier alpha value is -2.17. The Morgan fingerprint density at radius 1 is 1.00 bits per heavy atom. The van der Waals surface area contributed by atoms with Crippen LogP contribution in [0.2, 0.25) is 5.02 Å². The molecule has 2 heterocycles. The Bertz CT molecular complexity index is 788. The van der Waals surface area contributed by atoms with E-state index in [1.54, 1.807) is 5.01 Å². The van der Waals surface area contributed by atoms with Gasteiger partial charge < -0.3 is 0 Å². The van der Waals surface area contributed by atoms with Crippen LogP contribution >= 0.6 is 11.6 Å². The lowest BCUT2D eigenvalue weighted by atomic mass is 9.94. The summed E-state index contributed by atoms with van der Waals surface area (Å²) >= 11 is 5.95. The van der Waals surface area contributed by atoms with Gasteiger partial charge in [0.2, 0.25) is 0 Å². The van der Waals surface area contributed by atoms with Gasteiger partial charge in [-0.15, -0.1) is 0 Å². The number of rotatable bonds is 4. The normalized spacial score (nSPS) is 20.5. The van der Waals surface area contributed by atoms with Gasteiger partial charge in [0.05, 0.1) is 18.2 Å². The van der Waals surface area contributed by atoms with Gasteiger partial charge in [-0.2, -0.15) is 5.10 Å². The van der Waals surface area contributed by atoms with E-state index >= 15 is 0 Å². The minimum absolute atomic E-state index is 0.0369. The van der Waals surface area contributed by atoms with Crippen LogP contribution in [0.5, 0.6) is 0 Å². The van der Waals surface area contributed by atoms with Gasteiger partial charge in [0.1, 0.15) is 0 Å². The number of halogens is 1. The van der Waals surface area contributed by atoms with Gasteiger partial charge in [0, 0.05) is 24.7 Å². The summed E-state index contributed by atoms with van der Waals surface area (Å²) in [7, 11) is 0. The van der Waals surface area contributed by atoms with E-state index in [9.17, 15) is 4.79 Å². The molecule has 25 heavy (non-hydrogen) atoms. The largest absolute Gasteiger partial charge is 0.293 e. The molecule has 1 atom stereocenters. The lowest BCUT2D eigenvalue weighted by Crippen LogP contribution is -2.41. The zero-order valence-corrected chi connectivity index (χ0v) is 14.7. The average Bonchev–Trinajstić information content (AvgIpc) is 2.93. The highest BCUT2D eigenvalue weighted by atomic mass is 35.5. The van der Waals surface area contributed by atoms with Crippen LogP contribution in [0, 0.1) is 5.92 Å². The third-order valence-electron chi connectivity index (χ3n) is 4.82. The number of likely N-dealkylation sites (tertiary alicyclic amines) is 1. The number of hydrogen-bond acceptors (Lipinski definition) is 3. The summed E-state index contributed by atoms with van der Waals surface area (Å²) in [5.41, 5.74) is 3.34. The molecule has 0 spiro atoms. The maximum atomic E-state index is 12.6. The SMILES string of the molecule is O=C1C2CCN(Cc3ccc(Cl)cc3)CC2=NN1Cc1ccccc1. The molecular formula is C20H20ClN3O. The zero-order chi connectivity index (χ0) is 17.2. The fraction of sp³-hybridized carbons (Fsp3) is 0.300. The molecule has 1 amide bonds. The molecule has 0 saturated carbocycles. The molecular weight excluding hydrogens is 334 g/mol. The van der Waals surface area contributed by atoms with E-state index in [1.165, 1.54) is 5.56 Å². The summed E-state index contributed by atoms with van der Waals surface area (Å²) in [6.07, 6.45) is 0.844. The molecule has 2 aromatic carbocycles. The van der Waals surface area contributed by atoms with E-state index in [0.29, 0.717) is 6.54 Å². The Balaban J connectivity index is 1.43. The smallest absolute Gasteiger partial charge is 0.251 e. The standard InChI is InChI=1S/C20H20ClN3O/c21-17-8-6-16(7-9-17)12-23-11-10-18-19(14-23)22-24(20(18)25)13-15-4-2-1-3-5-15/h1-9,18H,10-14H2. The fourth-order valence-electron chi connectivity index (χ4n) is 3.50. The van der Waals surface area contributed by atoms with Gasteiger partial charge in [-0.05, 0) is 29.7 Å². The van der Waals surface area contributed by atoms with Crippen LogP contribution in [-0.4, -0.2) is 34.6 Å². The number of hydrogen-bond donors (Lipinski definition) is 0. The molecule has 4 nitrogen and oxygen atoms in total. The summed E-state index contributed by atoms with van der Waals surface area (Å²) < 4.78 is 0. The fourth-order valence-corrected chi connectivity index (χ4v) is 3.63. The number of amides is 1. The second kappa shape index (κ2) is 6.98. The number of carbonyl (C=O) groups is 1. The second-order valence-corrected chi connectivity index (χ2v) is 7.09. The number of carbonyl (C=O) groups excluding carboxylic acids is 1. The molecule has 1 fully saturated rings. The molecule has 1 saturated heterocycles. The van der Waals surface area contributed by atoms with Crippen LogP contribution in [0.15, 0.2) is 59.7 Å². The monoisotopic (exact) mass is 353 g/mol. The van der Waals surface area contributed by atoms with Crippen LogP contribution < -0.4 is 0 Å². The minimum Gasteiger partial charge on any atom is -0.293 e. The second-order valence-electron chi connectivity index (χ2n) is 6.65. The summed E-state index contributed by atoms with van der Waals surface area (Å²) in [6.45, 7) is 3.08. The number of benzene rings is 2. The highest BCUT2D eigenvalue weighted by Crippen LogP contribution is 2.26. The highest BCUT2D eigenvalue weighted by Gasteiger charge is 2.39. The number of piperidine rings is 1. The molecule has 0 aliphatic carbocycles. The van der Waals surface area contributed by atoms with Crippen molar-refractivity contribution in [1.29, 1.82) is 0 Å². The number of nitrogens with zero attached hydrogens (tertiary/aromatic N) is 3. The Kier molecular flexibility index (Phi) is 4.55. The first-order valence-electron chi connectivity index (χ1n) is 8.58. The molecule has 4 rings (SSSR count). The molecule has 2 aromatic rings. The first-order chi connectivity index (χ1) is 12.2. The van der Waals surface area contributed by atoms with Gasteiger partial charge in [-0.25, -0.2) is 5.01 Å². The van der Waals surface area contributed by atoms with Gasteiger partial charge in [-0.3, -0.25) is 9.69 Å². The zero-order valence-electron chi connectivity index (χ0n) is 13.9. The maximum absolute atomic E-state index is 12.6. The lowest BCUT2D eigenvalue weighted by Gasteiger charge is -2.29. The van der Waals surface area contributed by atoms with E-state index < -0.39 is 0 Å². The van der Waals surface area contributed by atoms with Crippen molar-refractivity contribution in [2.24, 2.45) is 11.0 Å². The molecule has 0 aromatic heterocycles. The number of fused-ring (bicyclic) bond motifs is 1. The topological polar surface area (TPSA) is 35.9 Å². The third kappa shape index (κ3) is 3.60. The van der Waals surface area contributed by atoms with Gasteiger partial charge >= 0.3 is 0 Å². The first-order valence-corrected chi connectivity index (χ1v) is 8.96. The predicted molar refractivity (Wildman–Crippen MR) is 99.3 cm³/mol.